The Morgan fingerprint density at radius 3 is 2.14 bits per heavy atom. The number of aryl methyl sites for hydroxylation is 1. The van der Waals surface area contributed by atoms with E-state index in [1.54, 1.807) is 0 Å². The van der Waals surface area contributed by atoms with Crippen molar-refractivity contribution in [3.63, 3.8) is 0 Å². The van der Waals surface area contributed by atoms with Gasteiger partial charge in [-0.05, 0) is 59.9 Å². The van der Waals surface area contributed by atoms with Crippen LogP contribution in [0.25, 0.3) is 22.0 Å². The molecule has 35 heavy (non-hydrogen) atoms. The largest absolute Gasteiger partial charge is 0.345 e. The van der Waals surface area contributed by atoms with Crippen LogP contribution >= 0.6 is 0 Å². The summed E-state index contributed by atoms with van der Waals surface area (Å²) in [6, 6.07) is 37.5. The number of amides is 1. The molecule has 1 heterocycles. The molecular formula is C32H30N2O. The Morgan fingerprint density at radius 2 is 1.46 bits per heavy atom. The normalized spacial score (nSPS) is 11.9. The zero-order valence-electron chi connectivity index (χ0n) is 20.2. The first-order valence-corrected chi connectivity index (χ1v) is 12.2. The van der Waals surface area contributed by atoms with Crippen LogP contribution in [0, 0.1) is 6.92 Å². The number of nitrogens with zero attached hydrogens (tertiary/aromatic N) is 1. The lowest BCUT2D eigenvalue weighted by atomic mass is 10.0. The molecule has 1 aromatic heterocycles. The maximum atomic E-state index is 13.0. The molecular weight excluding hydrogens is 428 g/mol. The summed E-state index contributed by atoms with van der Waals surface area (Å²) in [6.07, 6.45) is 0.844. The van der Waals surface area contributed by atoms with Crippen LogP contribution in [0.1, 0.15) is 46.6 Å². The second kappa shape index (κ2) is 10.0. The topological polar surface area (TPSA) is 34.0 Å². The molecule has 0 saturated carbocycles. The average Bonchev–Trinajstić information content (AvgIpc) is 3.22. The Labute approximate surface area is 207 Å². The highest BCUT2D eigenvalue weighted by Gasteiger charge is 2.15. The molecule has 174 valence electrons. The summed E-state index contributed by atoms with van der Waals surface area (Å²) in [5, 5.41) is 4.29. The maximum Gasteiger partial charge on any atom is 0.251 e. The molecule has 0 aliphatic heterocycles. The SMILES string of the molecule is CCC(NC(=O)c1ccc2c(c1)cc(C)n2Cc1ccc(-c2ccccc2)cc1)c1ccccc1. The van der Waals surface area contributed by atoms with Gasteiger partial charge in [-0.3, -0.25) is 4.79 Å². The predicted molar refractivity (Wildman–Crippen MR) is 145 cm³/mol. The van der Waals surface area contributed by atoms with Crippen molar-refractivity contribution in [1.29, 1.82) is 0 Å². The van der Waals surface area contributed by atoms with E-state index < -0.39 is 0 Å². The van der Waals surface area contributed by atoms with Crippen molar-refractivity contribution < 1.29 is 4.79 Å². The van der Waals surface area contributed by atoms with E-state index in [4.69, 9.17) is 0 Å². The second-order valence-electron chi connectivity index (χ2n) is 9.05. The van der Waals surface area contributed by atoms with E-state index in [1.807, 2.05) is 36.4 Å². The molecule has 4 aromatic carbocycles. The summed E-state index contributed by atoms with van der Waals surface area (Å²) >= 11 is 0. The zero-order valence-corrected chi connectivity index (χ0v) is 20.2. The number of fused-ring (bicyclic) bond motifs is 1. The van der Waals surface area contributed by atoms with Gasteiger partial charge in [0.2, 0.25) is 0 Å². The fourth-order valence-corrected chi connectivity index (χ4v) is 4.72. The smallest absolute Gasteiger partial charge is 0.251 e. The lowest BCUT2D eigenvalue weighted by Crippen LogP contribution is -2.28. The lowest BCUT2D eigenvalue weighted by molar-refractivity contribution is 0.0935. The van der Waals surface area contributed by atoms with Crippen molar-refractivity contribution in [2.24, 2.45) is 0 Å². The van der Waals surface area contributed by atoms with E-state index in [0.717, 1.165) is 29.4 Å². The molecule has 5 aromatic rings. The maximum absolute atomic E-state index is 13.0. The fraction of sp³-hybridized carbons (Fsp3) is 0.156. The van der Waals surface area contributed by atoms with Crippen LogP contribution in [0.2, 0.25) is 0 Å². The summed E-state index contributed by atoms with van der Waals surface area (Å²) in [5.74, 6) is -0.0375. The molecule has 1 N–H and O–H groups in total. The van der Waals surface area contributed by atoms with Crippen LogP contribution in [-0.2, 0) is 6.54 Å². The molecule has 0 aliphatic carbocycles. The van der Waals surface area contributed by atoms with E-state index in [2.05, 4.69) is 96.5 Å². The first kappa shape index (κ1) is 22.7. The number of hydrogen-bond acceptors (Lipinski definition) is 1. The van der Waals surface area contributed by atoms with Crippen LogP contribution in [-0.4, -0.2) is 10.5 Å². The minimum atomic E-state index is -0.0375. The first-order chi connectivity index (χ1) is 17.1. The monoisotopic (exact) mass is 458 g/mol. The van der Waals surface area contributed by atoms with Crippen LogP contribution in [0.4, 0.5) is 0 Å². The Balaban J connectivity index is 1.35. The van der Waals surface area contributed by atoms with Gasteiger partial charge in [0.25, 0.3) is 5.91 Å². The summed E-state index contributed by atoms with van der Waals surface area (Å²) in [5.41, 5.74) is 7.84. The molecule has 0 saturated heterocycles. The number of nitrogens with one attached hydrogen (secondary N) is 1. The van der Waals surface area contributed by atoms with Gasteiger partial charge in [0.15, 0.2) is 0 Å². The third-order valence-corrected chi connectivity index (χ3v) is 6.69. The number of hydrogen-bond donors (Lipinski definition) is 1. The molecule has 3 heteroatoms. The van der Waals surface area contributed by atoms with E-state index >= 15 is 0 Å². The van der Waals surface area contributed by atoms with Crippen molar-refractivity contribution >= 4 is 16.8 Å². The van der Waals surface area contributed by atoms with Crippen LogP contribution in [0.15, 0.2) is 109 Å². The minimum Gasteiger partial charge on any atom is -0.345 e. The number of aromatic nitrogens is 1. The lowest BCUT2D eigenvalue weighted by Gasteiger charge is -2.17. The molecule has 1 atom stereocenters. The van der Waals surface area contributed by atoms with Gasteiger partial charge in [-0.1, -0.05) is 91.9 Å². The molecule has 1 amide bonds. The number of benzene rings is 4. The van der Waals surface area contributed by atoms with Gasteiger partial charge >= 0.3 is 0 Å². The van der Waals surface area contributed by atoms with Gasteiger partial charge in [0.1, 0.15) is 0 Å². The van der Waals surface area contributed by atoms with E-state index in [-0.39, 0.29) is 11.9 Å². The molecule has 0 fully saturated rings. The highest BCUT2D eigenvalue weighted by atomic mass is 16.1. The van der Waals surface area contributed by atoms with Gasteiger partial charge in [-0.15, -0.1) is 0 Å². The highest BCUT2D eigenvalue weighted by molar-refractivity contribution is 5.98. The summed E-state index contributed by atoms with van der Waals surface area (Å²) in [4.78, 5) is 13.0. The number of rotatable bonds is 7. The van der Waals surface area contributed by atoms with Crippen LogP contribution in [0.5, 0.6) is 0 Å². The van der Waals surface area contributed by atoms with Crippen LogP contribution in [0.3, 0.4) is 0 Å². The fourth-order valence-electron chi connectivity index (χ4n) is 4.72. The summed E-state index contributed by atoms with van der Waals surface area (Å²) in [6.45, 7) is 5.01. The van der Waals surface area contributed by atoms with Crippen molar-refractivity contribution in [2.75, 3.05) is 0 Å². The molecule has 3 nitrogen and oxygen atoms in total. The average molecular weight is 459 g/mol. The van der Waals surface area contributed by atoms with E-state index in [9.17, 15) is 4.79 Å². The predicted octanol–water partition coefficient (Wildman–Crippen LogP) is 7.55. The van der Waals surface area contributed by atoms with Gasteiger partial charge in [0.05, 0.1) is 6.04 Å². The Kier molecular flexibility index (Phi) is 6.49. The van der Waals surface area contributed by atoms with Gasteiger partial charge < -0.3 is 9.88 Å². The third kappa shape index (κ3) is 4.90. The van der Waals surface area contributed by atoms with Crippen LogP contribution < -0.4 is 5.32 Å². The summed E-state index contributed by atoms with van der Waals surface area (Å²) < 4.78 is 2.31. The molecule has 1 unspecified atom stereocenters. The molecule has 0 bridgehead atoms. The van der Waals surface area contributed by atoms with Gasteiger partial charge in [-0.25, -0.2) is 0 Å². The molecule has 0 aliphatic rings. The highest BCUT2D eigenvalue weighted by Crippen LogP contribution is 2.25. The molecule has 5 rings (SSSR count). The van der Waals surface area contributed by atoms with Crippen molar-refractivity contribution in [3.8, 4) is 11.1 Å². The van der Waals surface area contributed by atoms with Crippen molar-refractivity contribution in [2.45, 2.75) is 32.9 Å². The van der Waals surface area contributed by atoms with Crippen molar-refractivity contribution in [1.82, 2.24) is 9.88 Å². The van der Waals surface area contributed by atoms with Crippen molar-refractivity contribution in [3.05, 3.63) is 132 Å². The number of carbonyl (C=O) groups is 1. The third-order valence-electron chi connectivity index (χ3n) is 6.69. The van der Waals surface area contributed by atoms with E-state index in [1.165, 1.54) is 22.4 Å². The Morgan fingerprint density at radius 1 is 0.800 bits per heavy atom. The van der Waals surface area contributed by atoms with Gasteiger partial charge in [-0.2, -0.15) is 0 Å². The Hall–Kier alpha value is -4.11. The molecule has 0 radical (unpaired) electrons. The standard InChI is InChI=1S/C32H30N2O/c1-3-30(27-12-8-5-9-13-27)33-32(35)28-18-19-31-29(21-28)20-23(2)34(31)22-24-14-16-26(17-15-24)25-10-6-4-7-11-25/h4-21,30H,3,22H2,1-2H3,(H,33,35). The molecule has 0 spiro atoms. The second-order valence-corrected chi connectivity index (χ2v) is 9.05. The minimum absolute atomic E-state index is 0.00425. The Bertz CT molecular complexity index is 1430. The van der Waals surface area contributed by atoms with Gasteiger partial charge in [0, 0.05) is 28.7 Å². The number of carbonyl (C=O) groups excluding carboxylic acids is 1. The summed E-state index contributed by atoms with van der Waals surface area (Å²) in [7, 11) is 0. The quantitative estimate of drug-likeness (QED) is 0.268. The zero-order chi connectivity index (χ0) is 24.2. The first-order valence-electron chi connectivity index (χ1n) is 12.2. The van der Waals surface area contributed by atoms with E-state index in [0.29, 0.717) is 5.56 Å².